The lowest BCUT2D eigenvalue weighted by molar-refractivity contribution is -0.142. The number of hydrogen-bond acceptors (Lipinski definition) is 3. The van der Waals surface area contributed by atoms with Gasteiger partial charge in [0.25, 0.3) is 0 Å². The number of carboxylic acids is 1. The molecule has 5 heteroatoms. The first-order valence-electron chi connectivity index (χ1n) is 8.98. The van der Waals surface area contributed by atoms with Crippen molar-refractivity contribution in [2.24, 2.45) is 0 Å². The van der Waals surface area contributed by atoms with E-state index < -0.39 is 12.0 Å². The smallest absolute Gasteiger partial charge is 0.326 e. The highest BCUT2D eigenvalue weighted by Gasteiger charge is 2.33. The molecule has 2 unspecified atom stereocenters. The third-order valence-electron chi connectivity index (χ3n) is 4.79. The molecule has 0 saturated carbocycles. The predicted octanol–water partition coefficient (Wildman–Crippen LogP) is 2.46. The Labute approximate surface area is 153 Å². The molecule has 5 nitrogen and oxygen atoms in total. The van der Waals surface area contributed by atoms with Crippen molar-refractivity contribution >= 4 is 11.9 Å². The van der Waals surface area contributed by atoms with Crippen LogP contribution in [0.15, 0.2) is 60.7 Å². The van der Waals surface area contributed by atoms with Gasteiger partial charge in [-0.15, -0.1) is 0 Å². The maximum atomic E-state index is 12.7. The zero-order valence-electron chi connectivity index (χ0n) is 14.7. The van der Waals surface area contributed by atoms with Gasteiger partial charge in [0.15, 0.2) is 0 Å². The molecule has 0 aliphatic carbocycles. The van der Waals surface area contributed by atoms with Gasteiger partial charge in [0.2, 0.25) is 5.91 Å². The number of rotatable bonds is 7. The summed E-state index contributed by atoms with van der Waals surface area (Å²) < 4.78 is 0. The zero-order chi connectivity index (χ0) is 18.4. The molecule has 2 N–H and O–H groups in total. The van der Waals surface area contributed by atoms with Crippen LogP contribution in [0.5, 0.6) is 0 Å². The lowest BCUT2D eigenvalue weighted by atomic mass is 10.1. The Morgan fingerprint density at radius 3 is 2.27 bits per heavy atom. The number of carboxylic acid groups (broad SMARTS) is 1. The highest BCUT2D eigenvalue weighted by molar-refractivity contribution is 5.87. The number of carbonyl (C=O) groups excluding carboxylic acids is 1. The molecule has 0 bridgehead atoms. The quantitative estimate of drug-likeness (QED) is 0.803. The first-order valence-corrected chi connectivity index (χ1v) is 8.98. The van der Waals surface area contributed by atoms with Gasteiger partial charge in [0.1, 0.15) is 6.04 Å². The minimum Gasteiger partial charge on any atom is -0.480 e. The summed E-state index contributed by atoms with van der Waals surface area (Å²) in [7, 11) is 0. The van der Waals surface area contributed by atoms with E-state index in [1.807, 2.05) is 60.7 Å². The van der Waals surface area contributed by atoms with Gasteiger partial charge in [-0.3, -0.25) is 9.69 Å². The molecule has 0 spiro atoms. The number of nitrogens with one attached hydrogen (secondary N) is 1. The fourth-order valence-corrected chi connectivity index (χ4v) is 3.45. The maximum absolute atomic E-state index is 12.7. The Kier molecular flexibility index (Phi) is 6.02. The lowest BCUT2D eigenvalue weighted by Gasteiger charge is -2.25. The van der Waals surface area contributed by atoms with Crippen LogP contribution >= 0.6 is 0 Å². The number of benzene rings is 2. The molecular weight excluding hydrogens is 328 g/mol. The molecular formula is C21H24N2O3. The second-order valence-electron chi connectivity index (χ2n) is 6.70. The molecule has 1 fully saturated rings. The monoisotopic (exact) mass is 352 g/mol. The van der Waals surface area contributed by atoms with Crippen LogP contribution in [-0.4, -0.2) is 40.5 Å². The molecule has 0 aromatic heterocycles. The van der Waals surface area contributed by atoms with Gasteiger partial charge in [-0.1, -0.05) is 60.7 Å². The average Bonchev–Trinajstić information content (AvgIpc) is 3.11. The van der Waals surface area contributed by atoms with Crippen molar-refractivity contribution in [3.8, 4) is 0 Å². The summed E-state index contributed by atoms with van der Waals surface area (Å²) in [4.78, 5) is 26.5. The Bertz CT molecular complexity index is 733. The number of aliphatic carboxylic acids is 1. The molecule has 136 valence electrons. The number of likely N-dealkylation sites (tertiary alicyclic amines) is 1. The summed E-state index contributed by atoms with van der Waals surface area (Å²) in [5.74, 6) is -1.20. The summed E-state index contributed by atoms with van der Waals surface area (Å²) >= 11 is 0. The highest BCUT2D eigenvalue weighted by Crippen LogP contribution is 2.20. The molecule has 1 aliphatic rings. The average molecular weight is 352 g/mol. The van der Waals surface area contributed by atoms with Crippen molar-refractivity contribution in [1.29, 1.82) is 0 Å². The van der Waals surface area contributed by atoms with E-state index in [1.54, 1.807) is 0 Å². The number of hydrogen-bond donors (Lipinski definition) is 2. The predicted molar refractivity (Wildman–Crippen MR) is 99.6 cm³/mol. The van der Waals surface area contributed by atoms with Crippen LogP contribution in [-0.2, 0) is 22.6 Å². The Balaban J connectivity index is 1.63. The molecule has 3 rings (SSSR count). The molecule has 1 saturated heterocycles. The molecule has 2 atom stereocenters. The van der Waals surface area contributed by atoms with Crippen molar-refractivity contribution in [3.05, 3.63) is 71.8 Å². The number of amides is 1. The fourth-order valence-electron chi connectivity index (χ4n) is 3.45. The standard InChI is InChI=1S/C21H24N2O3/c24-20(22-18(21(25)26)14-16-8-3-1-4-9-16)19-12-7-13-23(19)15-17-10-5-2-6-11-17/h1-6,8-11,18-19H,7,12-15H2,(H,22,24)(H,25,26). The lowest BCUT2D eigenvalue weighted by Crippen LogP contribution is -2.50. The molecule has 2 aromatic carbocycles. The van der Waals surface area contributed by atoms with Crippen molar-refractivity contribution in [1.82, 2.24) is 10.2 Å². The van der Waals surface area contributed by atoms with Crippen LogP contribution in [0.3, 0.4) is 0 Å². The van der Waals surface area contributed by atoms with Crippen LogP contribution in [0, 0.1) is 0 Å². The third kappa shape index (κ3) is 4.70. The van der Waals surface area contributed by atoms with Gasteiger partial charge in [-0.05, 0) is 30.5 Å². The molecule has 26 heavy (non-hydrogen) atoms. The normalized spacial score (nSPS) is 18.4. The number of carbonyl (C=O) groups is 2. The van der Waals surface area contributed by atoms with E-state index in [0.717, 1.165) is 30.5 Å². The maximum Gasteiger partial charge on any atom is 0.326 e. The van der Waals surface area contributed by atoms with Crippen molar-refractivity contribution in [2.75, 3.05) is 6.54 Å². The topological polar surface area (TPSA) is 69.6 Å². The summed E-state index contributed by atoms with van der Waals surface area (Å²) in [6.45, 7) is 1.55. The van der Waals surface area contributed by atoms with Crippen molar-refractivity contribution < 1.29 is 14.7 Å². The Morgan fingerprint density at radius 2 is 1.65 bits per heavy atom. The van der Waals surface area contributed by atoms with Gasteiger partial charge >= 0.3 is 5.97 Å². The van der Waals surface area contributed by atoms with E-state index >= 15 is 0 Å². The van der Waals surface area contributed by atoms with E-state index in [-0.39, 0.29) is 18.4 Å². The van der Waals surface area contributed by atoms with Crippen LogP contribution in [0.1, 0.15) is 24.0 Å². The second kappa shape index (κ2) is 8.63. The summed E-state index contributed by atoms with van der Waals surface area (Å²) in [5, 5.41) is 12.2. The largest absolute Gasteiger partial charge is 0.480 e. The fraction of sp³-hybridized carbons (Fsp3) is 0.333. The molecule has 1 heterocycles. The van der Waals surface area contributed by atoms with E-state index in [9.17, 15) is 14.7 Å². The Morgan fingerprint density at radius 1 is 1.04 bits per heavy atom. The molecule has 0 radical (unpaired) electrons. The second-order valence-corrected chi connectivity index (χ2v) is 6.70. The van der Waals surface area contributed by atoms with E-state index in [0.29, 0.717) is 6.54 Å². The molecule has 1 amide bonds. The summed E-state index contributed by atoms with van der Waals surface area (Å²) in [5.41, 5.74) is 2.05. The van der Waals surface area contributed by atoms with Gasteiger partial charge in [-0.25, -0.2) is 4.79 Å². The van der Waals surface area contributed by atoms with E-state index in [4.69, 9.17) is 0 Å². The van der Waals surface area contributed by atoms with Crippen LogP contribution in [0.25, 0.3) is 0 Å². The minimum atomic E-state index is -1.00. The third-order valence-corrected chi connectivity index (χ3v) is 4.79. The van der Waals surface area contributed by atoms with Gasteiger partial charge in [-0.2, -0.15) is 0 Å². The van der Waals surface area contributed by atoms with Gasteiger partial charge in [0, 0.05) is 13.0 Å². The van der Waals surface area contributed by atoms with Crippen LogP contribution in [0.2, 0.25) is 0 Å². The van der Waals surface area contributed by atoms with Crippen molar-refractivity contribution in [3.63, 3.8) is 0 Å². The SMILES string of the molecule is O=C(O)C(Cc1ccccc1)NC(=O)C1CCCN1Cc1ccccc1. The van der Waals surface area contributed by atoms with E-state index in [1.165, 1.54) is 0 Å². The first-order chi connectivity index (χ1) is 12.6. The van der Waals surface area contributed by atoms with Crippen LogP contribution < -0.4 is 5.32 Å². The first kappa shape index (κ1) is 18.1. The van der Waals surface area contributed by atoms with Gasteiger partial charge < -0.3 is 10.4 Å². The minimum absolute atomic E-state index is 0.193. The molecule has 1 aliphatic heterocycles. The Hall–Kier alpha value is -2.66. The van der Waals surface area contributed by atoms with Crippen molar-refractivity contribution in [2.45, 2.75) is 37.9 Å². The number of nitrogens with zero attached hydrogens (tertiary/aromatic N) is 1. The highest BCUT2D eigenvalue weighted by atomic mass is 16.4. The zero-order valence-corrected chi connectivity index (χ0v) is 14.7. The van der Waals surface area contributed by atoms with E-state index in [2.05, 4.69) is 10.2 Å². The summed E-state index contributed by atoms with van der Waals surface area (Å²) in [6, 6.07) is 18.2. The van der Waals surface area contributed by atoms with Crippen LogP contribution in [0.4, 0.5) is 0 Å². The summed E-state index contributed by atoms with van der Waals surface area (Å²) in [6.07, 6.45) is 1.99. The van der Waals surface area contributed by atoms with Gasteiger partial charge in [0.05, 0.1) is 6.04 Å². The molecule has 2 aromatic rings.